The van der Waals surface area contributed by atoms with Crippen LogP contribution in [0.3, 0.4) is 0 Å². The monoisotopic (exact) mass is 317 g/mol. The van der Waals surface area contributed by atoms with E-state index in [0.717, 1.165) is 16.0 Å². The molecule has 7 heteroatoms. The van der Waals surface area contributed by atoms with Crippen LogP contribution in [0.5, 0.6) is 11.5 Å². The Bertz CT molecular complexity index is 885. The van der Waals surface area contributed by atoms with Gasteiger partial charge in [-0.15, -0.1) is 5.10 Å². The lowest BCUT2D eigenvalue weighted by molar-refractivity contribution is 0.358. The van der Waals surface area contributed by atoms with Gasteiger partial charge >= 0.3 is 0 Å². The maximum absolute atomic E-state index is 12.7. The van der Waals surface area contributed by atoms with Gasteiger partial charge in [-0.2, -0.15) is 0 Å². The molecule has 0 radical (unpaired) electrons. The molecule has 0 fully saturated rings. The lowest BCUT2D eigenvalue weighted by atomic mass is 10.1. The fourth-order valence-electron chi connectivity index (χ4n) is 2.36. The highest BCUT2D eigenvalue weighted by molar-refractivity contribution is 7.05. The highest BCUT2D eigenvalue weighted by Gasteiger charge is 2.13. The SMILES string of the molecule is COc1ccc2c(=O)n(Cc3snnc3C)ccc2c1OC. The number of rotatable bonds is 4. The first-order chi connectivity index (χ1) is 10.7. The lowest BCUT2D eigenvalue weighted by Gasteiger charge is -2.12. The average Bonchev–Trinajstić information content (AvgIpc) is 2.94. The van der Waals surface area contributed by atoms with Crippen molar-refractivity contribution in [2.75, 3.05) is 14.2 Å². The standard InChI is InChI=1S/C15H15N3O3S/c1-9-13(22-17-16-9)8-18-7-6-10-11(15(18)19)4-5-12(20-2)14(10)21-3/h4-7H,8H2,1-3H3. The number of aryl methyl sites for hydroxylation is 1. The van der Waals surface area contributed by atoms with Crippen molar-refractivity contribution in [2.45, 2.75) is 13.5 Å². The van der Waals surface area contributed by atoms with Gasteiger partial charge in [0, 0.05) is 11.6 Å². The van der Waals surface area contributed by atoms with Crippen LogP contribution in [0.4, 0.5) is 0 Å². The smallest absolute Gasteiger partial charge is 0.258 e. The fourth-order valence-corrected chi connectivity index (χ4v) is 3.00. The van der Waals surface area contributed by atoms with Gasteiger partial charge in [0.05, 0.1) is 36.7 Å². The first-order valence-electron chi connectivity index (χ1n) is 6.67. The largest absolute Gasteiger partial charge is 0.493 e. The fraction of sp³-hybridized carbons (Fsp3) is 0.267. The van der Waals surface area contributed by atoms with Crippen molar-refractivity contribution in [2.24, 2.45) is 0 Å². The molecule has 3 aromatic rings. The van der Waals surface area contributed by atoms with Crippen molar-refractivity contribution in [3.05, 3.63) is 45.3 Å². The summed E-state index contributed by atoms with van der Waals surface area (Å²) in [4.78, 5) is 13.6. The van der Waals surface area contributed by atoms with E-state index < -0.39 is 0 Å². The van der Waals surface area contributed by atoms with E-state index in [1.807, 2.05) is 13.0 Å². The number of hydrogen-bond acceptors (Lipinski definition) is 6. The summed E-state index contributed by atoms with van der Waals surface area (Å²) in [5, 5.41) is 5.30. The Labute approximate surface area is 131 Å². The summed E-state index contributed by atoms with van der Waals surface area (Å²) >= 11 is 1.31. The molecule has 0 aliphatic rings. The summed E-state index contributed by atoms with van der Waals surface area (Å²) in [5.41, 5.74) is 0.774. The summed E-state index contributed by atoms with van der Waals surface area (Å²) in [6, 6.07) is 5.36. The zero-order valence-corrected chi connectivity index (χ0v) is 13.3. The maximum Gasteiger partial charge on any atom is 0.258 e. The number of ether oxygens (including phenoxy) is 2. The van der Waals surface area contributed by atoms with Crippen LogP contribution in [-0.4, -0.2) is 28.4 Å². The Morgan fingerprint density at radius 1 is 1.18 bits per heavy atom. The molecule has 0 unspecified atom stereocenters. The Kier molecular flexibility index (Phi) is 3.81. The molecule has 114 valence electrons. The first-order valence-corrected chi connectivity index (χ1v) is 7.45. The zero-order chi connectivity index (χ0) is 15.7. The molecule has 2 aromatic heterocycles. The Morgan fingerprint density at radius 2 is 2.00 bits per heavy atom. The van der Waals surface area contributed by atoms with E-state index >= 15 is 0 Å². The number of benzene rings is 1. The predicted molar refractivity (Wildman–Crippen MR) is 85.1 cm³/mol. The highest BCUT2D eigenvalue weighted by atomic mass is 32.1. The Balaban J connectivity index is 2.14. The van der Waals surface area contributed by atoms with E-state index in [9.17, 15) is 4.79 Å². The van der Waals surface area contributed by atoms with E-state index in [1.165, 1.54) is 11.5 Å². The van der Waals surface area contributed by atoms with E-state index in [2.05, 4.69) is 9.59 Å². The van der Waals surface area contributed by atoms with Gasteiger partial charge in [-0.25, -0.2) is 0 Å². The molecule has 22 heavy (non-hydrogen) atoms. The Hall–Kier alpha value is -2.41. The molecule has 0 aliphatic carbocycles. The van der Waals surface area contributed by atoms with E-state index in [4.69, 9.17) is 9.47 Å². The molecule has 0 saturated heterocycles. The quantitative estimate of drug-likeness (QED) is 0.738. The molecule has 2 heterocycles. The molecular formula is C15H15N3O3S. The second-order valence-electron chi connectivity index (χ2n) is 4.79. The summed E-state index contributed by atoms with van der Waals surface area (Å²) in [6.45, 7) is 2.35. The van der Waals surface area contributed by atoms with Crippen molar-refractivity contribution >= 4 is 22.3 Å². The van der Waals surface area contributed by atoms with Crippen LogP contribution in [0.2, 0.25) is 0 Å². The number of fused-ring (bicyclic) bond motifs is 1. The third-order valence-corrected chi connectivity index (χ3v) is 4.36. The van der Waals surface area contributed by atoms with Crippen LogP contribution in [0.1, 0.15) is 10.6 Å². The van der Waals surface area contributed by atoms with Crippen LogP contribution in [-0.2, 0) is 6.54 Å². The first kappa shape index (κ1) is 14.5. The minimum atomic E-state index is -0.0775. The molecule has 0 N–H and O–H groups in total. The molecule has 0 spiro atoms. The third-order valence-electron chi connectivity index (χ3n) is 3.56. The molecule has 0 aliphatic heterocycles. The predicted octanol–water partition coefficient (Wildman–Crippen LogP) is 2.23. The molecule has 0 bridgehead atoms. The minimum absolute atomic E-state index is 0.0775. The van der Waals surface area contributed by atoms with Crippen molar-refractivity contribution in [1.82, 2.24) is 14.2 Å². The van der Waals surface area contributed by atoms with Gasteiger partial charge in [-0.1, -0.05) is 4.49 Å². The van der Waals surface area contributed by atoms with Crippen LogP contribution < -0.4 is 15.0 Å². The highest BCUT2D eigenvalue weighted by Crippen LogP contribution is 2.33. The molecule has 3 rings (SSSR count). The van der Waals surface area contributed by atoms with Gasteiger partial charge in [-0.05, 0) is 36.7 Å². The molecule has 0 atom stereocenters. The number of methoxy groups -OCH3 is 2. The molecular weight excluding hydrogens is 302 g/mol. The number of aromatic nitrogens is 3. The summed E-state index contributed by atoms with van der Waals surface area (Å²) in [5.74, 6) is 1.18. The van der Waals surface area contributed by atoms with E-state index in [1.54, 1.807) is 37.1 Å². The minimum Gasteiger partial charge on any atom is -0.493 e. The topological polar surface area (TPSA) is 66.2 Å². The van der Waals surface area contributed by atoms with Gasteiger partial charge in [0.2, 0.25) is 0 Å². The van der Waals surface area contributed by atoms with Crippen LogP contribution in [0.15, 0.2) is 29.2 Å². The van der Waals surface area contributed by atoms with Crippen molar-refractivity contribution < 1.29 is 9.47 Å². The third kappa shape index (κ3) is 2.33. The zero-order valence-electron chi connectivity index (χ0n) is 12.5. The lowest BCUT2D eigenvalue weighted by Crippen LogP contribution is -2.20. The average molecular weight is 317 g/mol. The number of pyridine rings is 1. The Morgan fingerprint density at radius 3 is 2.64 bits per heavy atom. The summed E-state index contributed by atoms with van der Waals surface area (Å²) < 4.78 is 16.2. The van der Waals surface area contributed by atoms with Gasteiger partial charge in [-0.3, -0.25) is 4.79 Å². The van der Waals surface area contributed by atoms with Crippen molar-refractivity contribution in [1.29, 1.82) is 0 Å². The summed E-state index contributed by atoms with van der Waals surface area (Å²) in [7, 11) is 3.14. The molecule has 0 amide bonds. The molecule has 0 saturated carbocycles. The summed E-state index contributed by atoms with van der Waals surface area (Å²) in [6.07, 6.45) is 1.76. The normalized spacial score (nSPS) is 10.9. The number of nitrogens with zero attached hydrogens (tertiary/aromatic N) is 3. The number of hydrogen-bond donors (Lipinski definition) is 0. The second-order valence-corrected chi connectivity index (χ2v) is 5.63. The molecule has 6 nitrogen and oxygen atoms in total. The van der Waals surface area contributed by atoms with Crippen molar-refractivity contribution in [3.63, 3.8) is 0 Å². The van der Waals surface area contributed by atoms with E-state index in [-0.39, 0.29) is 5.56 Å². The van der Waals surface area contributed by atoms with Crippen LogP contribution >= 0.6 is 11.5 Å². The van der Waals surface area contributed by atoms with Gasteiger partial charge in [0.15, 0.2) is 11.5 Å². The van der Waals surface area contributed by atoms with Gasteiger partial charge < -0.3 is 14.0 Å². The second kappa shape index (κ2) is 5.76. The van der Waals surface area contributed by atoms with Gasteiger partial charge in [0.1, 0.15) is 0 Å². The van der Waals surface area contributed by atoms with E-state index in [0.29, 0.717) is 23.4 Å². The van der Waals surface area contributed by atoms with Gasteiger partial charge in [0.25, 0.3) is 5.56 Å². The van der Waals surface area contributed by atoms with Crippen LogP contribution in [0.25, 0.3) is 10.8 Å². The van der Waals surface area contributed by atoms with Crippen molar-refractivity contribution in [3.8, 4) is 11.5 Å². The molecule has 1 aromatic carbocycles. The maximum atomic E-state index is 12.7. The van der Waals surface area contributed by atoms with Crippen LogP contribution in [0, 0.1) is 6.92 Å².